The van der Waals surface area contributed by atoms with Crippen LogP contribution in [0.4, 0.5) is 5.82 Å². The van der Waals surface area contributed by atoms with Crippen molar-refractivity contribution in [1.82, 2.24) is 14.8 Å². The lowest BCUT2D eigenvalue weighted by molar-refractivity contribution is 0.412. The fourth-order valence-corrected chi connectivity index (χ4v) is 5.42. The van der Waals surface area contributed by atoms with Crippen LogP contribution < -0.4 is 9.04 Å². The van der Waals surface area contributed by atoms with Gasteiger partial charge in [-0.15, -0.1) is 0 Å². The molecule has 0 saturated carbocycles. The highest BCUT2D eigenvalue weighted by Gasteiger charge is 2.34. The molecule has 0 unspecified atom stereocenters. The molecule has 5 rings (SSSR count). The third-order valence-electron chi connectivity index (χ3n) is 5.71. The number of rotatable bonds is 4. The van der Waals surface area contributed by atoms with Gasteiger partial charge in [-0.05, 0) is 49.7 Å². The van der Waals surface area contributed by atoms with Gasteiger partial charge in [0, 0.05) is 29.9 Å². The summed E-state index contributed by atoms with van der Waals surface area (Å²) >= 11 is 0. The molecule has 9 heteroatoms. The van der Waals surface area contributed by atoms with E-state index in [-0.39, 0.29) is 29.6 Å². The van der Waals surface area contributed by atoms with Crippen LogP contribution in [0.25, 0.3) is 16.9 Å². The fraction of sp³-hybridized carbons (Fsp3) is 0.167. The van der Waals surface area contributed by atoms with Gasteiger partial charge in [0.25, 0.3) is 10.0 Å². The minimum Gasteiger partial charge on any atom is -0.497 e. The van der Waals surface area contributed by atoms with Crippen molar-refractivity contribution in [3.63, 3.8) is 0 Å². The van der Waals surface area contributed by atoms with Gasteiger partial charge in [0.1, 0.15) is 11.4 Å². The van der Waals surface area contributed by atoms with Gasteiger partial charge in [0.2, 0.25) is 5.88 Å². The first-order valence-corrected chi connectivity index (χ1v) is 11.8. The highest BCUT2D eigenvalue weighted by molar-refractivity contribution is 7.92. The Hall–Kier alpha value is -3.85. The van der Waals surface area contributed by atoms with E-state index in [0.717, 1.165) is 5.56 Å². The molecule has 2 aromatic heterocycles. The Balaban J connectivity index is 1.64. The van der Waals surface area contributed by atoms with Crippen molar-refractivity contribution >= 4 is 15.8 Å². The predicted molar refractivity (Wildman–Crippen MR) is 124 cm³/mol. The van der Waals surface area contributed by atoms with E-state index >= 15 is 0 Å². The molecule has 2 aromatic carbocycles. The Labute approximate surface area is 191 Å². The number of benzene rings is 2. The van der Waals surface area contributed by atoms with Crippen LogP contribution in [-0.2, 0) is 16.4 Å². The molecule has 0 radical (unpaired) electrons. The summed E-state index contributed by atoms with van der Waals surface area (Å²) in [5.41, 5.74) is 3.21. The highest BCUT2D eigenvalue weighted by atomic mass is 32.2. The van der Waals surface area contributed by atoms with Gasteiger partial charge in [-0.25, -0.2) is 22.4 Å². The Morgan fingerprint density at radius 2 is 1.85 bits per heavy atom. The lowest BCUT2D eigenvalue weighted by Crippen LogP contribution is -2.33. The number of hydrogen-bond acceptors (Lipinski definition) is 6. The third-order valence-corrected chi connectivity index (χ3v) is 7.51. The highest BCUT2D eigenvalue weighted by Crippen LogP contribution is 2.40. The standard InChI is InChI=1S/C24H22N4O4S/c1-16-8-10-19(11-9-16)33(30,31)27-14-12-21-22(20-7-4-13-25-23(20)27)26-28(24(21)29)17-5-3-6-18(15-17)32-2/h3-11,13,15,29H,12,14H2,1-2H3. The second kappa shape index (κ2) is 7.93. The number of aromatic hydroxyl groups is 1. The van der Waals surface area contributed by atoms with E-state index < -0.39 is 10.0 Å². The first-order chi connectivity index (χ1) is 15.9. The summed E-state index contributed by atoms with van der Waals surface area (Å²) in [6, 6.07) is 17.4. The largest absolute Gasteiger partial charge is 0.497 e. The molecule has 3 heterocycles. The molecule has 0 saturated heterocycles. The summed E-state index contributed by atoms with van der Waals surface area (Å²) in [5.74, 6) is 0.879. The Morgan fingerprint density at radius 1 is 1.06 bits per heavy atom. The van der Waals surface area contributed by atoms with Crippen LogP contribution in [-0.4, -0.2) is 41.9 Å². The zero-order chi connectivity index (χ0) is 23.2. The molecule has 0 aliphatic carbocycles. The molecule has 33 heavy (non-hydrogen) atoms. The van der Waals surface area contributed by atoms with Gasteiger partial charge < -0.3 is 9.84 Å². The van der Waals surface area contributed by atoms with Crippen LogP contribution in [0.15, 0.2) is 71.8 Å². The summed E-state index contributed by atoms with van der Waals surface area (Å²) in [7, 11) is -2.29. The molecule has 4 aromatic rings. The second-order valence-corrected chi connectivity index (χ2v) is 9.64. The van der Waals surface area contributed by atoms with E-state index in [0.29, 0.717) is 28.3 Å². The smallest absolute Gasteiger partial charge is 0.265 e. The maximum absolute atomic E-state index is 13.5. The molecule has 0 spiro atoms. The maximum Gasteiger partial charge on any atom is 0.265 e. The van der Waals surface area contributed by atoms with Crippen molar-refractivity contribution in [2.45, 2.75) is 18.2 Å². The number of fused-ring (bicyclic) bond motifs is 3. The lowest BCUT2D eigenvalue weighted by atomic mass is 10.1. The number of aryl methyl sites for hydroxylation is 1. The van der Waals surface area contributed by atoms with Crippen molar-refractivity contribution in [3.8, 4) is 28.6 Å². The minimum atomic E-state index is -3.86. The monoisotopic (exact) mass is 462 g/mol. The van der Waals surface area contributed by atoms with Gasteiger partial charge >= 0.3 is 0 Å². The van der Waals surface area contributed by atoms with Crippen LogP contribution in [0.2, 0.25) is 0 Å². The third kappa shape index (κ3) is 3.50. The molecule has 0 amide bonds. The van der Waals surface area contributed by atoms with Crippen LogP contribution in [0.3, 0.4) is 0 Å². The Morgan fingerprint density at radius 3 is 2.61 bits per heavy atom. The molecule has 1 aliphatic heterocycles. The SMILES string of the molecule is COc1cccc(-n2nc3c(c2O)CCN(S(=O)(=O)c2ccc(C)cc2)c2ncccc2-3)c1. The topological polar surface area (TPSA) is 97.5 Å². The zero-order valence-corrected chi connectivity index (χ0v) is 19.0. The van der Waals surface area contributed by atoms with E-state index in [1.54, 1.807) is 55.8 Å². The van der Waals surface area contributed by atoms with Gasteiger partial charge in [0.15, 0.2) is 5.82 Å². The number of aromatic nitrogens is 3. The second-order valence-electron chi connectivity index (χ2n) is 7.78. The summed E-state index contributed by atoms with van der Waals surface area (Å²) in [6.07, 6.45) is 1.83. The van der Waals surface area contributed by atoms with E-state index in [1.807, 2.05) is 25.1 Å². The molecule has 0 bridgehead atoms. The van der Waals surface area contributed by atoms with E-state index in [1.165, 1.54) is 8.99 Å². The molecule has 168 valence electrons. The van der Waals surface area contributed by atoms with Crippen molar-refractivity contribution in [2.75, 3.05) is 18.0 Å². The maximum atomic E-state index is 13.5. The van der Waals surface area contributed by atoms with Crippen molar-refractivity contribution in [1.29, 1.82) is 0 Å². The Kier molecular flexibility index (Phi) is 5.05. The number of ether oxygens (including phenoxy) is 1. The number of nitrogens with zero attached hydrogens (tertiary/aromatic N) is 4. The van der Waals surface area contributed by atoms with Crippen molar-refractivity contribution in [2.24, 2.45) is 0 Å². The van der Waals surface area contributed by atoms with Crippen molar-refractivity contribution in [3.05, 3.63) is 78.0 Å². The predicted octanol–water partition coefficient (Wildman–Crippen LogP) is 3.71. The van der Waals surface area contributed by atoms with Gasteiger partial charge in [-0.3, -0.25) is 0 Å². The molecule has 1 N–H and O–H groups in total. The number of sulfonamides is 1. The molecule has 8 nitrogen and oxygen atoms in total. The van der Waals surface area contributed by atoms with E-state index in [2.05, 4.69) is 10.1 Å². The first kappa shape index (κ1) is 21.0. The van der Waals surface area contributed by atoms with E-state index in [4.69, 9.17) is 4.74 Å². The summed E-state index contributed by atoms with van der Waals surface area (Å²) < 4.78 is 35.1. The normalized spacial score (nSPS) is 13.2. The molecule has 1 aliphatic rings. The summed E-state index contributed by atoms with van der Waals surface area (Å²) in [6.45, 7) is 2.02. The van der Waals surface area contributed by atoms with Crippen LogP contribution in [0.1, 0.15) is 11.1 Å². The van der Waals surface area contributed by atoms with Crippen LogP contribution >= 0.6 is 0 Å². The van der Waals surface area contributed by atoms with Crippen LogP contribution in [0, 0.1) is 6.92 Å². The van der Waals surface area contributed by atoms with Crippen LogP contribution in [0.5, 0.6) is 11.6 Å². The minimum absolute atomic E-state index is 0.0392. The fourth-order valence-electron chi connectivity index (χ4n) is 3.98. The lowest BCUT2D eigenvalue weighted by Gasteiger charge is -2.23. The summed E-state index contributed by atoms with van der Waals surface area (Å²) in [5, 5.41) is 15.7. The molecular weight excluding hydrogens is 440 g/mol. The Bertz CT molecular complexity index is 1450. The molecule has 0 fully saturated rings. The van der Waals surface area contributed by atoms with Crippen molar-refractivity contribution < 1.29 is 18.3 Å². The quantitative estimate of drug-likeness (QED) is 0.497. The average Bonchev–Trinajstić information content (AvgIpc) is 3.05. The summed E-state index contributed by atoms with van der Waals surface area (Å²) in [4.78, 5) is 4.59. The number of pyridine rings is 1. The first-order valence-electron chi connectivity index (χ1n) is 10.4. The number of anilines is 1. The molecule has 0 atom stereocenters. The van der Waals surface area contributed by atoms with Gasteiger partial charge in [-0.1, -0.05) is 23.8 Å². The van der Waals surface area contributed by atoms with Gasteiger partial charge in [-0.2, -0.15) is 5.10 Å². The average molecular weight is 463 g/mol. The van der Waals surface area contributed by atoms with Gasteiger partial charge in [0.05, 0.1) is 17.7 Å². The zero-order valence-electron chi connectivity index (χ0n) is 18.1. The van der Waals surface area contributed by atoms with E-state index in [9.17, 15) is 13.5 Å². The molecular formula is C24H22N4O4S. The number of hydrogen-bond donors (Lipinski definition) is 1. The number of methoxy groups -OCH3 is 1.